The van der Waals surface area contributed by atoms with Gasteiger partial charge in [0, 0.05) is 38.9 Å². The SMILES string of the molecule is CC/[C]([Ge])=C(\CC)[Si]([Si](C)(C)C)[Si](C)(C)C.C[Si](C)(C)[Si]([Si](C)(C)C)[Si](C)(C)C.C[Si](C)C. The van der Waals surface area contributed by atoms with Crippen molar-refractivity contribution in [3.05, 3.63) is 9.60 Å². The van der Waals surface area contributed by atoms with Gasteiger partial charge in [0.1, 0.15) is 0 Å². The van der Waals surface area contributed by atoms with Crippen LogP contribution in [0.25, 0.3) is 0 Å². The van der Waals surface area contributed by atoms with Crippen LogP contribution >= 0.6 is 0 Å². The molecule has 0 aromatic carbocycles. The molecule has 33 heavy (non-hydrogen) atoms. The van der Waals surface area contributed by atoms with Gasteiger partial charge < -0.3 is 0 Å². The standard InChI is InChI=1S/C12H28GeSi3.C9H27Si4.C3H9Si/c1-9-11(13)12(10-2)14(15(3,4)5)16(6,7)8;1-11(2,3)10(12(4,5)6)13(7,8)9;1-4(2)3/h9-10H2,1-8H3;1-9H3;1-3H3/b12-11-;;. The van der Waals surface area contributed by atoms with Crippen molar-refractivity contribution in [2.75, 3.05) is 0 Å². The summed E-state index contributed by atoms with van der Waals surface area (Å²) in [5, 5.41) is 1.91. The van der Waals surface area contributed by atoms with E-state index < -0.39 is 38.0 Å². The van der Waals surface area contributed by atoms with E-state index >= 15 is 0 Å². The molecule has 0 heterocycles. The molecule has 0 aromatic rings. The van der Waals surface area contributed by atoms with E-state index in [9.17, 15) is 0 Å². The molecule has 196 valence electrons. The molecule has 0 fully saturated rings. The fourth-order valence-electron chi connectivity index (χ4n) is 6.16. The van der Waals surface area contributed by atoms with Crippen molar-refractivity contribution >= 4 is 78.4 Å². The molecule has 0 atom stereocenters. The van der Waals surface area contributed by atoms with E-state index in [2.05, 4.69) is 148 Å². The van der Waals surface area contributed by atoms with Gasteiger partial charge in [-0.2, -0.15) is 0 Å². The van der Waals surface area contributed by atoms with Crippen molar-refractivity contribution in [2.45, 2.75) is 145 Å². The molecule has 0 spiro atoms. The Kier molecular flexibility index (Phi) is 18.5. The van der Waals surface area contributed by atoms with Crippen LogP contribution in [0.4, 0.5) is 0 Å². The predicted octanol–water partition coefficient (Wildman–Crippen LogP) is 9.20. The number of allylic oxidation sites excluding steroid dienone is 2. The minimum absolute atomic E-state index is 0.0255. The summed E-state index contributed by atoms with van der Waals surface area (Å²) in [5.74, 6) is 0. The molecule has 0 aromatic heterocycles. The molecule has 0 amide bonds. The van der Waals surface area contributed by atoms with Crippen LogP contribution in [-0.2, 0) is 0 Å². The topological polar surface area (TPSA) is 0 Å². The fourth-order valence-corrected chi connectivity index (χ4v) is 136. The summed E-state index contributed by atoms with van der Waals surface area (Å²) < 4.78 is 1.71. The third-order valence-corrected chi connectivity index (χ3v) is 94.1. The Morgan fingerprint density at radius 2 is 0.758 bits per heavy atom. The van der Waals surface area contributed by atoms with Gasteiger partial charge in [-0.15, -0.1) is 0 Å². The second-order valence-corrected chi connectivity index (χ2v) is 80.0. The van der Waals surface area contributed by atoms with Crippen molar-refractivity contribution in [1.82, 2.24) is 0 Å². The van der Waals surface area contributed by atoms with Crippen LogP contribution in [0.15, 0.2) is 9.60 Å². The summed E-state index contributed by atoms with van der Waals surface area (Å²) in [7, 11) is -4.53. The smallest absolute Gasteiger partial charge is 0.0379 e. The molecule has 9 heteroatoms. The zero-order chi connectivity index (χ0) is 27.8. The van der Waals surface area contributed by atoms with E-state index in [0.717, 1.165) is 0 Å². The Bertz CT molecular complexity index is 518. The van der Waals surface area contributed by atoms with Crippen LogP contribution in [-0.4, -0.2) is 78.4 Å². The maximum absolute atomic E-state index is 2.61. The van der Waals surface area contributed by atoms with E-state index in [1.807, 2.05) is 5.20 Å². The second-order valence-electron chi connectivity index (χ2n) is 15.2. The first-order chi connectivity index (χ1) is 14.2. The first-order valence-electron chi connectivity index (χ1n) is 13.1. The van der Waals surface area contributed by atoms with Gasteiger partial charge in [0.2, 0.25) is 0 Å². The van der Waals surface area contributed by atoms with Gasteiger partial charge in [0.15, 0.2) is 0 Å². The third-order valence-electron chi connectivity index (χ3n) is 5.12. The first-order valence-corrected chi connectivity index (χ1v) is 42.7. The second kappa shape index (κ2) is 15.4. The Morgan fingerprint density at radius 1 is 0.515 bits per heavy atom. The van der Waals surface area contributed by atoms with Gasteiger partial charge in [-0.1, -0.05) is 78.6 Å². The first kappa shape index (κ1) is 39.5. The molecule has 0 aliphatic heterocycles. The summed E-state index contributed by atoms with van der Waals surface area (Å²) in [5.41, 5.74) is 0. The van der Waals surface area contributed by atoms with Crippen LogP contribution in [0, 0.1) is 0 Å². The van der Waals surface area contributed by atoms with Gasteiger partial charge in [-0.25, -0.2) is 0 Å². The maximum atomic E-state index is 2.61. The Balaban J connectivity index is -0.000000476. The van der Waals surface area contributed by atoms with Gasteiger partial charge in [0.05, 0.1) is 0 Å². The molecule has 0 aliphatic carbocycles. The molecular weight excluding hydrogens is 586 g/mol. The molecule has 0 saturated carbocycles. The molecule has 0 aliphatic rings. The minimum Gasteiger partial charge on any atom is -0.0721 e. The molecular formula is C24H64GeSi8. The van der Waals surface area contributed by atoms with E-state index in [1.54, 1.807) is 4.41 Å². The molecule has 0 bridgehead atoms. The van der Waals surface area contributed by atoms with Crippen molar-refractivity contribution < 1.29 is 0 Å². The number of rotatable bonds is 8. The Morgan fingerprint density at radius 3 is 0.848 bits per heavy atom. The van der Waals surface area contributed by atoms with Crippen molar-refractivity contribution in [3.63, 3.8) is 0 Å². The molecule has 0 nitrogen and oxygen atoms in total. The average molecular weight is 650 g/mol. The minimum atomic E-state index is -0.979. The third kappa shape index (κ3) is 18.0. The zero-order valence-corrected chi connectivity index (χ0v) is 37.0. The predicted molar refractivity (Wildman–Crippen MR) is 185 cm³/mol. The Hall–Kier alpha value is 2.02. The summed E-state index contributed by atoms with van der Waals surface area (Å²) in [4.78, 5) is 0. The van der Waals surface area contributed by atoms with Gasteiger partial charge in [-0.05, 0) is 0 Å². The van der Waals surface area contributed by atoms with E-state index in [4.69, 9.17) is 0 Å². The summed E-state index contributed by atoms with van der Waals surface area (Å²) in [6.07, 6.45) is 2.56. The van der Waals surface area contributed by atoms with Crippen molar-refractivity contribution in [3.8, 4) is 0 Å². The van der Waals surface area contributed by atoms with Crippen LogP contribution in [0.2, 0.25) is 118 Å². The largest absolute Gasteiger partial charge is 0.0721 e. The molecule has 0 saturated heterocycles. The number of hydrogen-bond acceptors (Lipinski definition) is 0. The molecule has 0 N–H and O–H groups in total. The zero-order valence-electron chi connectivity index (χ0n) is 26.9. The van der Waals surface area contributed by atoms with Gasteiger partial charge >= 0.3 is 115 Å². The van der Waals surface area contributed by atoms with Crippen molar-refractivity contribution in [1.29, 1.82) is 0 Å². The quantitative estimate of drug-likeness (QED) is 0.230. The number of hydrogen-bond donors (Lipinski definition) is 0. The molecule has 0 unspecified atom stereocenters. The normalized spacial score (nSPS) is 14.5. The van der Waals surface area contributed by atoms with Gasteiger partial charge in [0.25, 0.3) is 0 Å². The van der Waals surface area contributed by atoms with Crippen LogP contribution in [0.3, 0.4) is 0 Å². The van der Waals surface area contributed by atoms with E-state index in [0.29, 0.717) is 0 Å². The summed E-state index contributed by atoms with van der Waals surface area (Å²) >= 11 is 2.38. The summed E-state index contributed by atoms with van der Waals surface area (Å²) in [6.45, 7) is 50.6. The van der Waals surface area contributed by atoms with E-state index in [-0.39, 0.29) is 24.0 Å². The van der Waals surface area contributed by atoms with E-state index in [1.165, 1.54) is 12.8 Å². The monoisotopic (exact) mass is 650 g/mol. The van der Waals surface area contributed by atoms with Crippen LogP contribution < -0.4 is 0 Å². The molecule has 0 rings (SSSR count). The maximum Gasteiger partial charge on any atom is 0.0379 e. The Labute approximate surface area is 231 Å². The fraction of sp³-hybridized carbons (Fsp3) is 0.917. The van der Waals surface area contributed by atoms with Gasteiger partial charge in [-0.3, -0.25) is 0 Å². The molecule has 6 radical (unpaired) electrons. The summed E-state index contributed by atoms with van der Waals surface area (Å²) in [6, 6.07) is 0. The van der Waals surface area contributed by atoms with Crippen molar-refractivity contribution in [2.24, 2.45) is 0 Å². The van der Waals surface area contributed by atoms with Crippen LogP contribution in [0.1, 0.15) is 26.7 Å². The van der Waals surface area contributed by atoms with Crippen LogP contribution in [0.5, 0.6) is 0 Å². The average Bonchev–Trinajstić information content (AvgIpc) is 2.44.